The summed E-state index contributed by atoms with van der Waals surface area (Å²) in [5, 5.41) is 12.8. The Morgan fingerprint density at radius 2 is 1.23 bits per heavy atom. The molecule has 3 aromatic carbocycles. The van der Waals surface area contributed by atoms with Crippen molar-refractivity contribution in [2.24, 2.45) is 0 Å². The third kappa shape index (κ3) is 2.01. The van der Waals surface area contributed by atoms with Crippen LogP contribution in [0, 0.1) is 5.21 Å². The van der Waals surface area contributed by atoms with Gasteiger partial charge in [-0.1, -0.05) is 60.7 Å². The maximum absolute atomic E-state index is 12.8. The molecule has 2 heteroatoms. The number of rotatable bonds is 1. The molecule has 1 aliphatic rings. The molecule has 0 spiro atoms. The second kappa shape index (κ2) is 5.15. The third-order valence-corrected chi connectivity index (χ3v) is 4.10. The molecule has 2 nitrogen and oxygen atoms in total. The topological polar surface area (TPSA) is 26.1 Å². The molecule has 0 unspecified atom stereocenters. The van der Waals surface area contributed by atoms with Gasteiger partial charge in [0.1, 0.15) is 0 Å². The molecule has 0 atom stereocenters. The van der Waals surface area contributed by atoms with Crippen molar-refractivity contribution < 1.29 is 4.74 Å². The molecule has 0 radical (unpaired) electrons. The van der Waals surface area contributed by atoms with Gasteiger partial charge in [-0.3, -0.25) is 0 Å². The Morgan fingerprint density at radius 1 is 0.636 bits per heavy atom. The van der Waals surface area contributed by atoms with Crippen molar-refractivity contribution in [3.05, 3.63) is 101 Å². The molecular formula is C20H15NO. The summed E-state index contributed by atoms with van der Waals surface area (Å²) in [4.78, 5) is 0. The van der Waals surface area contributed by atoms with E-state index in [-0.39, 0.29) is 0 Å². The zero-order valence-electron chi connectivity index (χ0n) is 12.1. The highest BCUT2D eigenvalue weighted by Gasteiger charge is 2.25. The van der Waals surface area contributed by atoms with E-state index in [0.29, 0.717) is 6.54 Å². The predicted molar refractivity (Wildman–Crippen MR) is 88.9 cm³/mol. The second-order valence-electron chi connectivity index (χ2n) is 5.45. The van der Waals surface area contributed by atoms with Crippen LogP contribution >= 0.6 is 0 Å². The van der Waals surface area contributed by atoms with E-state index in [2.05, 4.69) is 12.1 Å². The quantitative estimate of drug-likeness (QED) is 0.486. The van der Waals surface area contributed by atoms with Crippen molar-refractivity contribution in [3.63, 3.8) is 0 Å². The first kappa shape index (κ1) is 12.8. The van der Waals surface area contributed by atoms with Crippen molar-refractivity contribution in [3.8, 4) is 11.1 Å². The Morgan fingerprint density at radius 3 is 2.00 bits per heavy atom. The summed E-state index contributed by atoms with van der Waals surface area (Å²) in [6.45, 7) is 0.370. The number of hydroxylamine groups is 1. The standard InChI is InChI=1S/C20H15NO/c22-21-14-16-10-4-5-11-17(16)18-12-6-7-13-19(18)20(21)15-8-2-1-3-9-15/h1-13H,14H2. The lowest BCUT2D eigenvalue weighted by atomic mass is 9.92. The van der Waals surface area contributed by atoms with E-state index in [4.69, 9.17) is 0 Å². The Labute approximate surface area is 129 Å². The molecule has 1 aliphatic heterocycles. The molecule has 0 saturated heterocycles. The fourth-order valence-electron chi connectivity index (χ4n) is 3.11. The first-order valence-corrected chi connectivity index (χ1v) is 7.39. The molecule has 0 fully saturated rings. The monoisotopic (exact) mass is 285 g/mol. The minimum atomic E-state index is 0.370. The highest BCUT2D eigenvalue weighted by Crippen LogP contribution is 2.32. The summed E-state index contributed by atoms with van der Waals surface area (Å²) >= 11 is 0. The van der Waals surface area contributed by atoms with E-state index in [1.54, 1.807) is 0 Å². The van der Waals surface area contributed by atoms with Crippen LogP contribution in [0.25, 0.3) is 11.1 Å². The van der Waals surface area contributed by atoms with Gasteiger partial charge in [-0.25, -0.2) is 0 Å². The number of hydrogen-bond donors (Lipinski definition) is 0. The lowest BCUT2D eigenvalue weighted by molar-refractivity contribution is -0.473. The minimum absolute atomic E-state index is 0.370. The Balaban J connectivity index is 2.05. The van der Waals surface area contributed by atoms with Gasteiger partial charge in [-0.15, -0.1) is 0 Å². The van der Waals surface area contributed by atoms with Gasteiger partial charge in [0.25, 0.3) is 0 Å². The van der Waals surface area contributed by atoms with Crippen LogP contribution in [0.3, 0.4) is 0 Å². The Kier molecular flexibility index (Phi) is 3.01. The van der Waals surface area contributed by atoms with E-state index in [1.165, 1.54) is 0 Å². The van der Waals surface area contributed by atoms with Crippen LogP contribution in [0.1, 0.15) is 16.7 Å². The van der Waals surface area contributed by atoms with E-state index < -0.39 is 0 Å². The van der Waals surface area contributed by atoms with E-state index in [9.17, 15) is 5.21 Å². The van der Waals surface area contributed by atoms with Gasteiger partial charge >= 0.3 is 0 Å². The minimum Gasteiger partial charge on any atom is -0.623 e. The molecule has 0 N–H and O–H groups in total. The first-order chi connectivity index (χ1) is 10.8. The lowest BCUT2D eigenvalue weighted by Gasteiger charge is -2.10. The van der Waals surface area contributed by atoms with Crippen molar-refractivity contribution in [1.29, 1.82) is 0 Å². The summed E-state index contributed by atoms with van der Waals surface area (Å²) in [5.41, 5.74) is 6.02. The third-order valence-electron chi connectivity index (χ3n) is 4.10. The predicted octanol–water partition coefficient (Wildman–Crippen LogP) is 4.21. The van der Waals surface area contributed by atoms with Crippen LogP contribution in [0.15, 0.2) is 78.9 Å². The summed E-state index contributed by atoms with van der Waals surface area (Å²) in [5.74, 6) is 0. The normalized spacial score (nSPS) is 13.3. The largest absolute Gasteiger partial charge is 0.623 e. The van der Waals surface area contributed by atoms with Gasteiger partial charge in [0.15, 0.2) is 6.54 Å². The molecule has 1 heterocycles. The van der Waals surface area contributed by atoms with E-state index >= 15 is 0 Å². The number of fused-ring (bicyclic) bond motifs is 3. The smallest absolute Gasteiger partial charge is 0.226 e. The SMILES string of the molecule is [O-][N+]1=C(c2ccccc2)c2ccccc2-c2ccccc2C1. The zero-order chi connectivity index (χ0) is 14.9. The van der Waals surface area contributed by atoms with E-state index in [1.807, 2.05) is 66.7 Å². The molecule has 0 aliphatic carbocycles. The average molecular weight is 285 g/mol. The van der Waals surface area contributed by atoms with Gasteiger partial charge < -0.3 is 5.21 Å². The van der Waals surface area contributed by atoms with Crippen LogP contribution < -0.4 is 0 Å². The fourth-order valence-corrected chi connectivity index (χ4v) is 3.11. The molecule has 22 heavy (non-hydrogen) atoms. The zero-order valence-corrected chi connectivity index (χ0v) is 12.1. The summed E-state index contributed by atoms with van der Waals surface area (Å²) in [6.07, 6.45) is 0. The summed E-state index contributed by atoms with van der Waals surface area (Å²) < 4.78 is 1.11. The molecule has 0 aromatic heterocycles. The molecular weight excluding hydrogens is 270 g/mol. The lowest BCUT2D eigenvalue weighted by Crippen LogP contribution is -2.17. The van der Waals surface area contributed by atoms with Crippen LogP contribution in [0.4, 0.5) is 0 Å². The maximum atomic E-state index is 12.8. The van der Waals surface area contributed by atoms with Gasteiger partial charge in [0.05, 0.1) is 5.56 Å². The molecule has 4 rings (SSSR count). The molecule has 0 bridgehead atoms. The van der Waals surface area contributed by atoms with Crippen molar-refractivity contribution in [2.45, 2.75) is 6.54 Å². The van der Waals surface area contributed by atoms with Crippen molar-refractivity contribution in [1.82, 2.24) is 0 Å². The highest BCUT2D eigenvalue weighted by molar-refractivity contribution is 6.14. The fraction of sp³-hybridized carbons (Fsp3) is 0.0500. The van der Waals surface area contributed by atoms with Gasteiger partial charge in [-0.05, 0) is 29.3 Å². The van der Waals surface area contributed by atoms with Gasteiger partial charge in [-0.2, -0.15) is 4.74 Å². The molecule has 0 amide bonds. The average Bonchev–Trinajstić information content (AvgIpc) is 2.69. The summed E-state index contributed by atoms with van der Waals surface area (Å²) in [6, 6.07) is 26.2. The van der Waals surface area contributed by atoms with Crippen LogP contribution in [0.5, 0.6) is 0 Å². The number of hydrogen-bond acceptors (Lipinski definition) is 1. The van der Waals surface area contributed by atoms with Crippen LogP contribution in [-0.2, 0) is 6.54 Å². The van der Waals surface area contributed by atoms with Gasteiger partial charge in [0.2, 0.25) is 5.71 Å². The van der Waals surface area contributed by atoms with E-state index in [0.717, 1.165) is 38.3 Å². The van der Waals surface area contributed by atoms with Crippen molar-refractivity contribution in [2.75, 3.05) is 0 Å². The summed E-state index contributed by atoms with van der Waals surface area (Å²) in [7, 11) is 0. The molecule has 106 valence electrons. The number of benzene rings is 3. The Bertz CT molecular complexity index is 866. The maximum Gasteiger partial charge on any atom is 0.226 e. The molecule has 3 aromatic rings. The second-order valence-corrected chi connectivity index (χ2v) is 5.45. The van der Waals surface area contributed by atoms with Crippen LogP contribution in [0.2, 0.25) is 0 Å². The number of nitrogens with zero attached hydrogens (tertiary/aromatic N) is 1. The highest BCUT2D eigenvalue weighted by atomic mass is 16.5. The molecule has 0 saturated carbocycles. The first-order valence-electron chi connectivity index (χ1n) is 7.39. The van der Waals surface area contributed by atoms with Crippen LogP contribution in [-0.4, -0.2) is 10.5 Å². The Hall–Kier alpha value is -2.87. The van der Waals surface area contributed by atoms with Gasteiger partial charge in [0, 0.05) is 11.1 Å². The van der Waals surface area contributed by atoms with Crippen molar-refractivity contribution >= 4 is 5.71 Å².